The van der Waals surface area contributed by atoms with Gasteiger partial charge in [0.1, 0.15) is 5.82 Å². The molecule has 0 saturated heterocycles. The standard InChI is InChI=1S/C23H27ClFN3O2/c24-21-10-9-20(27-22(29)16-5-1-2-6-16)14-18(21)15-28(12-4-11-26)23(30)17-7-3-8-19(25)13-17/h3,7-10,13-14,16H,1-2,4-6,11-12,15,26H2,(H,27,29). The molecule has 0 radical (unpaired) electrons. The van der Waals surface area contributed by atoms with Crippen LogP contribution in [0.3, 0.4) is 0 Å². The summed E-state index contributed by atoms with van der Waals surface area (Å²) in [5, 5.41) is 3.46. The van der Waals surface area contributed by atoms with Crippen LogP contribution in [-0.4, -0.2) is 29.8 Å². The number of halogens is 2. The number of nitrogens with one attached hydrogen (secondary N) is 1. The minimum absolute atomic E-state index is 0.0246. The number of nitrogens with two attached hydrogens (primary N) is 1. The van der Waals surface area contributed by atoms with E-state index < -0.39 is 5.82 Å². The minimum atomic E-state index is -0.464. The van der Waals surface area contributed by atoms with Gasteiger partial charge in [-0.1, -0.05) is 30.5 Å². The second kappa shape index (κ2) is 10.5. The molecule has 2 amide bonds. The van der Waals surface area contributed by atoms with E-state index >= 15 is 0 Å². The largest absolute Gasteiger partial charge is 0.334 e. The Kier molecular flexibility index (Phi) is 7.82. The summed E-state index contributed by atoms with van der Waals surface area (Å²) in [6.45, 7) is 1.08. The summed E-state index contributed by atoms with van der Waals surface area (Å²) in [5.41, 5.74) is 7.27. The fourth-order valence-corrected chi connectivity index (χ4v) is 3.93. The molecule has 7 heteroatoms. The zero-order valence-electron chi connectivity index (χ0n) is 16.9. The number of rotatable bonds is 8. The number of anilines is 1. The normalized spacial score (nSPS) is 14.0. The van der Waals surface area contributed by atoms with Gasteiger partial charge in [0.05, 0.1) is 0 Å². The average molecular weight is 432 g/mol. The zero-order chi connectivity index (χ0) is 21.5. The van der Waals surface area contributed by atoms with Crippen LogP contribution in [0, 0.1) is 11.7 Å². The molecule has 2 aromatic carbocycles. The minimum Gasteiger partial charge on any atom is -0.334 e. The van der Waals surface area contributed by atoms with E-state index in [0.29, 0.717) is 35.8 Å². The molecule has 0 aliphatic heterocycles. The highest BCUT2D eigenvalue weighted by Gasteiger charge is 2.23. The summed E-state index contributed by atoms with van der Waals surface area (Å²) >= 11 is 6.38. The molecule has 3 rings (SSSR count). The van der Waals surface area contributed by atoms with Crippen LogP contribution in [0.2, 0.25) is 5.02 Å². The Labute approximate surface area is 181 Å². The number of hydrogen-bond acceptors (Lipinski definition) is 3. The first-order valence-electron chi connectivity index (χ1n) is 10.3. The maximum atomic E-state index is 13.6. The predicted octanol–water partition coefficient (Wildman–Crippen LogP) is 4.60. The monoisotopic (exact) mass is 431 g/mol. The van der Waals surface area contributed by atoms with Gasteiger partial charge in [-0.3, -0.25) is 9.59 Å². The van der Waals surface area contributed by atoms with Crippen molar-refractivity contribution in [2.45, 2.75) is 38.6 Å². The molecule has 5 nitrogen and oxygen atoms in total. The lowest BCUT2D eigenvalue weighted by molar-refractivity contribution is -0.119. The van der Waals surface area contributed by atoms with Crippen LogP contribution in [0.4, 0.5) is 10.1 Å². The van der Waals surface area contributed by atoms with E-state index in [1.165, 1.54) is 18.2 Å². The highest BCUT2D eigenvalue weighted by atomic mass is 35.5. The summed E-state index contributed by atoms with van der Waals surface area (Å²) in [6.07, 6.45) is 4.61. The van der Waals surface area contributed by atoms with Crippen molar-refractivity contribution in [1.82, 2.24) is 4.90 Å². The fraction of sp³-hybridized carbons (Fsp3) is 0.391. The topological polar surface area (TPSA) is 75.4 Å². The van der Waals surface area contributed by atoms with Crippen LogP contribution in [0.5, 0.6) is 0 Å². The first-order chi connectivity index (χ1) is 14.5. The molecule has 0 aromatic heterocycles. The molecule has 0 atom stereocenters. The fourth-order valence-electron chi connectivity index (χ4n) is 3.75. The molecule has 1 saturated carbocycles. The van der Waals surface area contributed by atoms with E-state index in [1.54, 1.807) is 29.2 Å². The van der Waals surface area contributed by atoms with Crippen molar-refractivity contribution >= 4 is 29.1 Å². The Bertz CT molecular complexity index is 900. The predicted molar refractivity (Wildman–Crippen MR) is 117 cm³/mol. The van der Waals surface area contributed by atoms with Crippen molar-refractivity contribution in [2.75, 3.05) is 18.4 Å². The summed E-state index contributed by atoms with van der Waals surface area (Å²) in [5.74, 6) is -0.676. The second-order valence-corrected chi connectivity index (χ2v) is 8.06. The molecule has 1 aliphatic rings. The third-order valence-corrected chi connectivity index (χ3v) is 5.76. The van der Waals surface area contributed by atoms with Gasteiger partial charge in [-0.2, -0.15) is 0 Å². The first kappa shape index (κ1) is 22.2. The van der Waals surface area contributed by atoms with Crippen molar-refractivity contribution in [2.24, 2.45) is 11.7 Å². The SMILES string of the molecule is NCCCN(Cc1cc(NC(=O)C2CCCC2)ccc1Cl)C(=O)c1cccc(F)c1. The Morgan fingerprint density at radius 1 is 1.17 bits per heavy atom. The van der Waals surface area contributed by atoms with E-state index in [4.69, 9.17) is 17.3 Å². The highest BCUT2D eigenvalue weighted by Crippen LogP contribution is 2.28. The van der Waals surface area contributed by atoms with Gasteiger partial charge in [-0.25, -0.2) is 4.39 Å². The van der Waals surface area contributed by atoms with Crippen LogP contribution in [-0.2, 0) is 11.3 Å². The maximum Gasteiger partial charge on any atom is 0.254 e. The molecule has 2 aromatic rings. The molecule has 0 unspecified atom stereocenters. The average Bonchev–Trinajstić information content (AvgIpc) is 3.28. The van der Waals surface area contributed by atoms with Crippen molar-refractivity contribution in [3.05, 3.63) is 64.4 Å². The quantitative estimate of drug-likeness (QED) is 0.641. The van der Waals surface area contributed by atoms with Crippen LogP contribution in [0.15, 0.2) is 42.5 Å². The highest BCUT2D eigenvalue weighted by molar-refractivity contribution is 6.31. The third-order valence-electron chi connectivity index (χ3n) is 5.39. The van der Waals surface area contributed by atoms with E-state index in [2.05, 4.69) is 5.32 Å². The third kappa shape index (κ3) is 5.80. The van der Waals surface area contributed by atoms with Gasteiger partial charge in [-0.15, -0.1) is 0 Å². The van der Waals surface area contributed by atoms with Gasteiger partial charge in [0, 0.05) is 35.3 Å². The molecule has 1 aliphatic carbocycles. The molecule has 0 heterocycles. The van der Waals surface area contributed by atoms with Gasteiger partial charge in [0.25, 0.3) is 5.91 Å². The Morgan fingerprint density at radius 2 is 1.93 bits per heavy atom. The molecule has 0 spiro atoms. The van der Waals surface area contributed by atoms with Crippen LogP contribution in [0.25, 0.3) is 0 Å². The van der Waals surface area contributed by atoms with E-state index in [9.17, 15) is 14.0 Å². The van der Waals surface area contributed by atoms with Crippen LogP contribution < -0.4 is 11.1 Å². The van der Waals surface area contributed by atoms with Gasteiger partial charge < -0.3 is 16.0 Å². The number of benzene rings is 2. The molecule has 1 fully saturated rings. The smallest absolute Gasteiger partial charge is 0.254 e. The summed E-state index contributed by atoms with van der Waals surface area (Å²) < 4.78 is 13.6. The molecule has 30 heavy (non-hydrogen) atoms. The lowest BCUT2D eigenvalue weighted by Crippen LogP contribution is -2.32. The molecule has 0 bridgehead atoms. The Balaban J connectivity index is 1.77. The van der Waals surface area contributed by atoms with E-state index in [-0.39, 0.29) is 29.8 Å². The Morgan fingerprint density at radius 3 is 2.63 bits per heavy atom. The number of nitrogens with zero attached hydrogens (tertiary/aromatic N) is 1. The van der Waals surface area contributed by atoms with Crippen molar-refractivity contribution < 1.29 is 14.0 Å². The van der Waals surface area contributed by atoms with E-state index in [1.807, 2.05) is 0 Å². The lowest BCUT2D eigenvalue weighted by Gasteiger charge is -2.24. The lowest BCUT2D eigenvalue weighted by atomic mass is 10.1. The van der Waals surface area contributed by atoms with Gasteiger partial charge in [0.15, 0.2) is 0 Å². The van der Waals surface area contributed by atoms with Gasteiger partial charge in [0.2, 0.25) is 5.91 Å². The molecule has 160 valence electrons. The zero-order valence-corrected chi connectivity index (χ0v) is 17.6. The summed E-state index contributed by atoms with van der Waals surface area (Å²) in [7, 11) is 0. The molecular formula is C23H27ClFN3O2. The number of hydrogen-bond donors (Lipinski definition) is 2. The van der Waals surface area contributed by atoms with Crippen molar-refractivity contribution in [3.8, 4) is 0 Å². The molecular weight excluding hydrogens is 405 g/mol. The summed E-state index contributed by atoms with van der Waals surface area (Å²) in [4.78, 5) is 27.0. The van der Waals surface area contributed by atoms with Crippen LogP contribution in [0.1, 0.15) is 48.0 Å². The van der Waals surface area contributed by atoms with Crippen molar-refractivity contribution in [3.63, 3.8) is 0 Å². The second-order valence-electron chi connectivity index (χ2n) is 7.66. The van der Waals surface area contributed by atoms with Gasteiger partial charge >= 0.3 is 0 Å². The van der Waals surface area contributed by atoms with Crippen LogP contribution >= 0.6 is 11.6 Å². The molecule has 3 N–H and O–H groups in total. The number of amides is 2. The maximum absolute atomic E-state index is 13.6. The van der Waals surface area contributed by atoms with E-state index in [0.717, 1.165) is 25.7 Å². The number of carbonyl (C=O) groups excluding carboxylic acids is 2. The Hall–Kier alpha value is -2.44. The van der Waals surface area contributed by atoms with Gasteiger partial charge in [-0.05, 0) is 67.8 Å². The number of carbonyl (C=O) groups is 2. The summed E-state index contributed by atoms with van der Waals surface area (Å²) in [6, 6.07) is 10.9. The first-order valence-corrected chi connectivity index (χ1v) is 10.7. The van der Waals surface area contributed by atoms with Crippen molar-refractivity contribution in [1.29, 1.82) is 0 Å².